The summed E-state index contributed by atoms with van der Waals surface area (Å²) < 4.78 is 0. The van der Waals surface area contributed by atoms with Crippen molar-refractivity contribution >= 4 is 5.82 Å². The van der Waals surface area contributed by atoms with Crippen LogP contribution < -0.4 is 4.90 Å². The standard InChI is InChI=1S/C15H22N4O/c1-3-12-13(9-16)15(18-17-14(12)4-2)19-7-5-11(10-19)6-8-20/h11,20H,3-8,10H2,1-2H3. The van der Waals surface area contributed by atoms with Crippen molar-refractivity contribution < 1.29 is 5.11 Å². The first-order chi connectivity index (χ1) is 9.74. The number of nitrogens with zero attached hydrogens (tertiary/aromatic N) is 4. The molecule has 0 aromatic carbocycles. The number of aliphatic hydroxyl groups is 1. The van der Waals surface area contributed by atoms with E-state index >= 15 is 0 Å². The van der Waals surface area contributed by atoms with Gasteiger partial charge in [-0.2, -0.15) is 10.4 Å². The zero-order chi connectivity index (χ0) is 14.5. The maximum absolute atomic E-state index is 9.50. The molecule has 0 bridgehead atoms. The molecule has 0 amide bonds. The fourth-order valence-electron chi connectivity index (χ4n) is 2.94. The SMILES string of the molecule is CCc1nnc(N2CCC(CCO)C2)c(C#N)c1CC. The maximum Gasteiger partial charge on any atom is 0.169 e. The van der Waals surface area contributed by atoms with Gasteiger partial charge in [0.25, 0.3) is 0 Å². The van der Waals surface area contributed by atoms with Crippen molar-refractivity contribution in [3.8, 4) is 6.07 Å². The number of nitriles is 1. The van der Waals surface area contributed by atoms with Crippen molar-refractivity contribution in [1.29, 1.82) is 5.26 Å². The molecule has 1 atom stereocenters. The second-order valence-corrected chi connectivity index (χ2v) is 5.26. The highest BCUT2D eigenvalue weighted by Gasteiger charge is 2.26. The number of aromatic nitrogens is 2. The Labute approximate surface area is 120 Å². The van der Waals surface area contributed by atoms with Crippen molar-refractivity contribution in [2.75, 3.05) is 24.6 Å². The third-order valence-electron chi connectivity index (χ3n) is 4.06. The molecular weight excluding hydrogens is 252 g/mol. The minimum atomic E-state index is 0.226. The Bertz CT molecular complexity index is 509. The van der Waals surface area contributed by atoms with Crippen LogP contribution >= 0.6 is 0 Å². The van der Waals surface area contributed by atoms with Gasteiger partial charge < -0.3 is 10.0 Å². The first kappa shape index (κ1) is 14.7. The van der Waals surface area contributed by atoms with Gasteiger partial charge in [-0.25, -0.2) is 0 Å². The summed E-state index contributed by atoms with van der Waals surface area (Å²) in [4.78, 5) is 2.14. The second-order valence-electron chi connectivity index (χ2n) is 5.26. The van der Waals surface area contributed by atoms with E-state index in [0.717, 1.165) is 55.8 Å². The summed E-state index contributed by atoms with van der Waals surface area (Å²) in [6, 6.07) is 2.32. The van der Waals surface area contributed by atoms with Crippen molar-refractivity contribution in [2.45, 2.75) is 39.5 Å². The third-order valence-corrected chi connectivity index (χ3v) is 4.06. The maximum atomic E-state index is 9.50. The van der Waals surface area contributed by atoms with Gasteiger partial charge in [-0.3, -0.25) is 0 Å². The summed E-state index contributed by atoms with van der Waals surface area (Å²) in [6.07, 6.45) is 3.48. The van der Waals surface area contributed by atoms with Crippen LogP contribution in [0, 0.1) is 17.2 Å². The van der Waals surface area contributed by atoms with E-state index in [1.54, 1.807) is 0 Å². The van der Waals surface area contributed by atoms with Gasteiger partial charge in [0.1, 0.15) is 11.6 Å². The van der Waals surface area contributed by atoms with Gasteiger partial charge in [-0.1, -0.05) is 13.8 Å². The Morgan fingerprint density at radius 2 is 2.15 bits per heavy atom. The van der Waals surface area contributed by atoms with Crippen LogP contribution in [0.1, 0.15) is 43.5 Å². The molecule has 0 saturated carbocycles. The first-order valence-corrected chi connectivity index (χ1v) is 7.39. The molecular formula is C15H22N4O. The minimum Gasteiger partial charge on any atom is -0.396 e. The molecule has 1 N–H and O–H groups in total. The largest absolute Gasteiger partial charge is 0.396 e. The van der Waals surface area contributed by atoms with Gasteiger partial charge in [-0.05, 0) is 37.2 Å². The monoisotopic (exact) mass is 274 g/mol. The van der Waals surface area contributed by atoms with Gasteiger partial charge >= 0.3 is 0 Å². The van der Waals surface area contributed by atoms with Crippen LogP contribution in [-0.4, -0.2) is 35.0 Å². The van der Waals surface area contributed by atoms with Crippen LogP contribution in [0.5, 0.6) is 0 Å². The lowest BCUT2D eigenvalue weighted by atomic mass is 10.0. The van der Waals surface area contributed by atoms with Crippen molar-refractivity contribution in [3.05, 3.63) is 16.8 Å². The van der Waals surface area contributed by atoms with Crippen molar-refractivity contribution in [3.63, 3.8) is 0 Å². The Hall–Kier alpha value is -1.67. The van der Waals surface area contributed by atoms with Gasteiger partial charge in [0.2, 0.25) is 0 Å². The topological polar surface area (TPSA) is 73.0 Å². The highest BCUT2D eigenvalue weighted by molar-refractivity contribution is 5.58. The molecule has 0 radical (unpaired) electrons. The molecule has 0 spiro atoms. The number of rotatable bonds is 5. The third kappa shape index (κ3) is 2.75. The summed E-state index contributed by atoms with van der Waals surface area (Å²) in [6.45, 7) is 6.07. The van der Waals surface area contributed by atoms with Gasteiger partial charge in [-0.15, -0.1) is 5.10 Å². The van der Waals surface area contributed by atoms with Gasteiger partial charge in [0.15, 0.2) is 5.82 Å². The summed E-state index contributed by atoms with van der Waals surface area (Å²) in [5, 5.41) is 27.1. The number of aryl methyl sites for hydroxylation is 1. The van der Waals surface area contributed by atoms with Crippen LogP contribution in [-0.2, 0) is 12.8 Å². The predicted molar refractivity (Wildman–Crippen MR) is 77.5 cm³/mol. The highest BCUT2D eigenvalue weighted by Crippen LogP contribution is 2.28. The zero-order valence-electron chi connectivity index (χ0n) is 12.3. The quantitative estimate of drug-likeness (QED) is 0.884. The lowest BCUT2D eigenvalue weighted by Gasteiger charge is -2.20. The minimum absolute atomic E-state index is 0.226. The molecule has 1 aromatic heterocycles. The number of hydrogen-bond donors (Lipinski definition) is 1. The molecule has 1 aromatic rings. The number of hydrogen-bond acceptors (Lipinski definition) is 5. The van der Waals surface area contributed by atoms with E-state index in [1.807, 2.05) is 6.92 Å². The van der Waals surface area contributed by atoms with Crippen LogP contribution in [0.2, 0.25) is 0 Å². The molecule has 1 aliphatic rings. The second kappa shape index (κ2) is 6.67. The van der Waals surface area contributed by atoms with E-state index in [-0.39, 0.29) is 6.61 Å². The fourth-order valence-corrected chi connectivity index (χ4v) is 2.94. The van der Waals surface area contributed by atoms with Crippen molar-refractivity contribution in [2.24, 2.45) is 5.92 Å². The van der Waals surface area contributed by atoms with E-state index in [0.29, 0.717) is 11.5 Å². The number of anilines is 1. The molecule has 0 aliphatic carbocycles. The van der Waals surface area contributed by atoms with E-state index < -0.39 is 0 Å². The van der Waals surface area contributed by atoms with E-state index in [9.17, 15) is 5.26 Å². The molecule has 1 fully saturated rings. The Morgan fingerprint density at radius 1 is 1.35 bits per heavy atom. The molecule has 1 aliphatic heterocycles. The zero-order valence-corrected chi connectivity index (χ0v) is 12.3. The van der Waals surface area contributed by atoms with Gasteiger partial charge in [0, 0.05) is 19.7 Å². The molecule has 1 unspecified atom stereocenters. The lowest BCUT2D eigenvalue weighted by Crippen LogP contribution is -2.24. The van der Waals surface area contributed by atoms with E-state index in [1.165, 1.54) is 0 Å². The van der Waals surface area contributed by atoms with Crippen LogP contribution in [0.25, 0.3) is 0 Å². The summed E-state index contributed by atoms with van der Waals surface area (Å²) in [5.74, 6) is 1.21. The molecule has 108 valence electrons. The van der Waals surface area contributed by atoms with Crippen LogP contribution in [0.3, 0.4) is 0 Å². The molecule has 2 rings (SSSR count). The molecule has 2 heterocycles. The van der Waals surface area contributed by atoms with Crippen molar-refractivity contribution in [1.82, 2.24) is 10.2 Å². The molecule has 5 nitrogen and oxygen atoms in total. The van der Waals surface area contributed by atoms with Crippen LogP contribution in [0.15, 0.2) is 0 Å². The average molecular weight is 274 g/mol. The van der Waals surface area contributed by atoms with E-state index in [4.69, 9.17) is 5.11 Å². The summed E-state index contributed by atoms with van der Waals surface area (Å²) >= 11 is 0. The van der Waals surface area contributed by atoms with Gasteiger partial charge in [0.05, 0.1) is 5.69 Å². The Kier molecular flexibility index (Phi) is 4.91. The molecule has 5 heteroatoms. The summed E-state index contributed by atoms with van der Waals surface area (Å²) in [5.41, 5.74) is 2.65. The predicted octanol–water partition coefficient (Wildman–Crippen LogP) is 1.68. The first-order valence-electron chi connectivity index (χ1n) is 7.39. The lowest BCUT2D eigenvalue weighted by molar-refractivity contribution is 0.263. The molecule has 1 saturated heterocycles. The molecule has 20 heavy (non-hydrogen) atoms. The fraction of sp³-hybridized carbons (Fsp3) is 0.667. The van der Waals surface area contributed by atoms with Crippen LogP contribution in [0.4, 0.5) is 5.82 Å². The summed E-state index contributed by atoms with van der Waals surface area (Å²) in [7, 11) is 0. The highest BCUT2D eigenvalue weighted by atomic mass is 16.3. The number of aliphatic hydroxyl groups excluding tert-OH is 1. The Morgan fingerprint density at radius 3 is 2.75 bits per heavy atom. The average Bonchev–Trinajstić information content (AvgIpc) is 2.94. The smallest absolute Gasteiger partial charge is 0.169 e. The van der Waals surface area contributed by atoms with E-state index in [2.05, 4.69) is 28.1 Å². The normalized spacial score (nSPS) is 18.3. The Balaban J connectivity index is 2.31.